The van der Waals surface area contributed by atoms with Gasteiger partial charge in [-0.1, -0.05) is 30.3 Å². The molecule has 3 aromatic rings. The van der Waals surface area contributed by atoms with Gasteiger partial charge in [0.2, 0.25) is 11.8 Å². The van der Waals surface area contributed by atoms with Gasteiger partial charge in [0.25, 0.3) is 0 Å². The third-order valence-electron chi connectivity index (χ3n) is 5.13. The van der Waals surface area contributed by atoms with Gasteiger partial charge in [-0.2, -0.15) is 0 Å². The van der Waals surface area contributed by atoms with Crippen molar-refractivity contribution in [2.24, 2.45) is 11.7 Å². The van der Waals surface area contributed by atoms with Gasteiger partial charge in [0.05, 0.1) is 12.7 Å². The molecule has 0 radical (unpaired) electrons. The van der Waals surface area contributed by atoms with E-state index in [0.29, 0.717) is 32.4 Å². The number of likely N-dealkylation sites (tertiary alicyclic amines) is 1. The second-order valence-corrected chi connectivity index (χ2v) is 6.65. The Hall–Kier alpha value is -2.82. The van der Waals surface area contributed by atoms with Crippen molar-refractivity contribution in [3.05, 3.63) is 48.2 Å². The van der Waals surface area contributed by atoms with Crippen LogP contribution >= 0.6 is 0 Å². The van der Waals surface area contributed by atoms with Gasteiger partial charge in [-0.3, -0.25) is 9.59 Å². The van der Waals surface area contributed by atoms with Crippen LogP contribution in [0.25, 0.3) is 21.7 Å². The number of furan rings is 1. The van der Waals surface area contributed by atoms with Crippen LogP contribution in [0.1, 0.15) is 18.4 Å². The van der Waals surface area contributed by atoms with Crippen LogP contribution in [0.15, 0.2) is 47.1 Å². The maximum Gasteiger partial charge on any atom is 0.227 e. The summed E-state index contributed by atoms with van der Waals surface area (Å²) in [6.45, 7) is 1.17. The van der Waals surface area contributed by atoms with E-state index in [9.17, 15) is 9.59 Å². The fraction of sp³-hybridized carbons (Fsp3) is 0.300. The minimum Gasteiger partial charge on any atom is -0.464 e. The van der Waals surface area contributed by atoms with Crippen LogP contribution < -0.4 is 5.73 Å². The summed E-state index contributed by atoms with van der Waals surface area (Å²) in [5, 5.41) is 3.25. The van der Waals surface area contributed by atoms with E-state index in [1.807, 2.05) is 29.2 Å². The van der Waals surface area contributed by atoms with Crippen molar-refractivity contribution < 1.29 is 14.0 Å². The number of nitrogens with zero attached hydrogens (tertiary/aromatic N) is 1. The highest BCUT2D eigenvalue weighted by atomic mass is 16.3. The SMILES string of the molecule is NC(=O)C1CCN(C(=O)Cc2coc3ccc4ccccc4c23)CC1. The van der Waals surface area contributed by atoms with E-state index in [2.05, 4.69) is 12.1 Å². The van der Waals surface area contributed by atoms with Crippen LogP contribution in [0.2, 0.25) is 0 Å². The first-order chi connectivity index (χ1) is 12.1. The summed E-state index contributed by atoms with van der Waals surface area (Å²) in [7, 11) is 0. The third kappa shape index (κ3) is 2.86. The number of benzene rings is 2. The topological polar surface area (TPSA) is 76.5 Å². The largest absolute Gasteiger partial charge is 0.464 e. The minimum atomic E-state index is -0.264. The normalized spacial score (nSPS) is 15.8. The number of fused-ring (bicyclic) bond motifs is 3. The van der Waals surface area contributed by atoms with Crippen molar-refractivity contribution in [2.75, 3.05) is 13.1 Å². The summed E-state index contributed by atoms with van der Waals surface area (Å²) >= 11 is 0. The second kappa shape index (κ2) is 6.24. The molecule has 0 spiro atoms. The molecule has 0 bridgehead atoms. The van der Waals surface area contributed by atoms with Gasteiger partial charge < -0.3 is 15.1 Å². The van der Waals surface area contributed by atoms with E-state index >= 15 is 0 Å². The molecule has 0 saturated carbocycles. The predicted molar refractivity (Wildman–Crippen MR) is 95.9 cm³/mol. The highest BCUT2D eigenvalue weighted by molar-refractivity contribution is 6.08. The summed E-state index contributed by atoms with van der Waals surface area (Å²) < 4.78 is 5.66. The Kier molecular flexibility index (Phi) is 3.92. The lowest BCUT2D eigenvalue weighted by Gasteiger charge is -2.30. The molecular formula is C20H20N2O3. The van der Waals surface area contributed by atoms with Crippen LogP contribution in [0, 0.1) is 5.92 Å². The molecule has 1 aliphatic heterocycles. The Balaban J connectivity index is 1.58. The lowest BCUT2D eigenvalue weighted by molar-refractivity contribution is -0.134. The lowest BCUT2D eigenvalue weighted by Crippen LogP contribution is -2.42. The first-order valence-electron chi connectivity index (χ1n) is 8.58. The Morgan fingerprint density at radius 3 is 2.64 bits per heavy atom. The number of nitrogens with two attached hydrogens (primary N) is 1. The van der Waals surface area contributed by atoms with Crippen molar-refractivity contribution >= 4 is 33.6 Å². The zero-order chi connectivity index (χ0) is 17.4. The summed E-state index contributed by atoms with van der Waals surface area (Å²) in [5.41, 5.74) is 7.07. The smallest absolute Gasteiger partial charge is 0.227 e. The van der Waals surface area contributed by atoms with Crippen molar-refractivity contribution in [3.8, 4) is 0 Å². The van der Waals surface area contributed by atoms with Gasteiger partial charge in [-0.05, 0) is 29.7 Å². The molecule has 0 atom stereocenters. The quantitative estimate of drug-likeness (QED) is 0.799. The van der Waals surface area contributed by atoms with Gasteiger partial charge in [-0.15, -0.1) is 0 Å². The molecule has 1 saturated heterocycles. The van der Waals surface area contributed by atoms with E-state index < -0.39 is 0 Å². The number of carbonyl (C=O) groups excluding carboxylic acids is 2. The van der Waals surface area contributed by atoms with Gasteiger partial charge in [0, 0.05) is 30.0 Å². The van der Waals surface area contributed by atoms with Crippen LogP contribution in [0.4, 0.5) is 0 Å². The van der Waals surface area contributed by atoms with Crippen LogP contribution in [0.3, 0.4) is 0 Å². The monoisotopic (exact) mass is 336 g/mol. The van der Waals surface area contributed by atoms with Crippen molar-refractivity contribution in [2.45, 2.75) is 19.3 Å². The molecule has 1 aliphatic rings. The van der Waals surface area contributed by atoms with E-state index in [4.69, 9.17) is 10.2 Å². The Morgan fingerprint density at radius 2 is 1.88 bits per heavy atom. The molecule has 1 aromatic heterocycles. The van der Waals surface area contributed by atoms with Crippen LogP contribution in [0.5, 0.6) is 0 Å². The first kappa shape index (κ1) is 15.7. The molecule has 2 aromatic carbocycles. The molecule has 128 valence electrons. The number of rotatable bonds is 3. The van der Waals surface area contributed by atoms with E-state index in [1.54, 1.807) is 6.26 Å². The molecule has 2 amide bonds. The molecule has 0 aliphatic carbocycles. The predicted octanol–water partition coefficient (Wildman–Crippen LogP) is 2.85. The number of carbonyl (C=O) groups is 2. The van der Waals surface area contributed by atoms with Crippen molar-refractivity contribution in [3.63, 3.8) is 0 Å². The highest BCUT2D eigenvalue weighted by Crippen LogP contribution is 2.30. The maximum atomic E-state index is 12.7. The second-order valence-electron chi connectivity index (χ2n) is 6.65. The van der Waals surface area contributed by atoms with Gasteiger partial charge in [-0.25, -0.2) is 0 Å². The average molecular weight is 336 g/mol. The maximum absolute atomic E-state index is 12.7. The Bertz CT molecular complexity index is 952. The number of piperidine rings is 1. The van der Waals surface area contributed by atoms with E-state index in [0.717, 1.165) is 27.3 Å². The van der Waals surface area contributed by atoms with Crippen molar-refractivity contribution in [1.29, 1.82) is 0 Å². The molecular weight excluding hydrogens is 316 g/mol. The highest BCUT2D eigenvalue weighted by Gasteiger charge is 2.26. The summed E-state index contributed by atoms with van der Waals surface area (Å²) in [4.78, 5) is 25.8. The Morgan fingerprint density at radius 1 is 1.12 bits per heavy atom. The minimum absolute atomic E-state index is 0.0681. The van der Waals surface area contributed by atoms with Crippen LogP contribution in [-0.2, 0) is 16.0 Å². The molecule has 5 heteroatoms. The third-order valence-corrected chi connectivity index (χ3v) is 5.13. The molecule has 5 nitrogen and oxygen atoms in total. The zero-order valence-electron chi connectivity index (χ0n) is 13.9. The van der Waals surface area contributed by atoms with Crippen LogP contribution in [-0.4, -0.2) is 29.8 Å². The zero-order valence-corrected chi connectivity index (χ0v) is 13.9. The fourth-order valence-electron chi connectivity index (χ4n) is 3.69. The van der Waals surface area contributed by atoms with Gasteiger partial charge >= 0.3 is 0 Å². The summed E-state index contributed by atoms with van der Waals surface area (Å²) in [6, 6.07) is 12.1. The number of primary amides is 1. The first-order valence-corrected chi connectivity index (χ1v) is 8.58. The lowest BCUT2D eigenvalue weighted by atomic mass is 9.95. The van der Waals surface area contributed by atoms with Crippen molar-refractivity contribution in [1.82, 2.24) is 4.90 Å². The molecule has 1 fully saturated rings. The molecule has 25 heavy (non-hydrogen) atoms. The molecule has 0 unspecified atom stereocenters. The summed E-state index contributed by atoms with van der Waals surface area (Å²) in [5.74, 6) is -0.305. The number of hydrogen-bond donors (Lipinski definition) is 1. The number of hydrogen-bond acceptors (Lipinski definition) is 3. The number of amides is 2. The van der Waals surface area contributed by atoms with Gasteiger partial charge in [0.1, 0.15) is 5.58 Å². The molecule has 4 rings (SSSR count). The van der Waals surface area contributed by atoms with E-state index in [1.165, 1.54) is 0 Å². The summed E-state index contributed by atoms with van der Waals surface area (Å²) in [6.07, 6.45) is 3.29. The molecule has 2 N–H and O–H groups in total. The Labute approximate surface area is 145 Å². The fourth-order valence-corrected chi connectivity index (χ4v) is 3.69. The average Bonchev–Trinajstić information content (AvgIpc) is 3.05. The van der Waals surface area contributed by atoms with E-state index in [-0.39, 0.29) is 17.7 Å². The van der Waals surface area contributed by atoms with Gasteiger partial charge in [0.15, 0.2) is 0 Å². The molecule has 2 heterocycles. The standard InChI is InChI=1S/C20H20N2O3/c21-20(24)14-7-9-22(10-8-14)18(23)11-15-12-25-17-6-5-13-3-1-2-4-16(13)19(15)17/h1-6,12,14H,7-11H2,(H2,21,24).